The number of aromatic hydroxyl groups is 1. The lowest BCUT2D eigenvalue weighted by Gasteiger charge is -2.27. The Balaban J connectivity index is 1.99. The van der Waals surface area contributed by atoms with E-state index >= 15 is 0 Å². The van der Waals surface area contributed by atoms with Gasteiger partial charge in [0.1, 0.15) is 5.75 Å². The number of rotatable bonds is 1. The van der Waals surface area contributed by atoms with E-state index in [-0.39, 0.29) is 11.7 Å². The molecule has 19 heavy (non-hydrogen) atoms. The van der Waals surface area contributed by atoms with Gasteiger partial charge in [0.05, 0.1) is 5.56 Å². The van der Waals surface area contributed by atoms with Gasteiger partial charge in [-0.2, -0.15) is 0 Å². The number of phenols is 1. The lowest BCUT2D eigenvalue weighted by atomic mass is 10.0. The van der Waals surface area contributed by atoms with Gasteiger partial charge in [0, 0.05) is 26.2 Å². The number of hydrogen-bond acceptors (Lipinski definition) is 3. The summed E-state index contributed by atoms with van der Waals surface area (Å²) >= 11 is 0. The van der Waals surface area contributed by atoms with E-state index in [1.807, 2.05) is 24.3 Å². The molecule has 0 spiro atoms. The van der Waals surface area contributed by atoms with Crippen LogP contribution in [0.15, 0.2) is 36.4 Å². The van der Waals surface area contributed by atoms with Gasteiger partial charge in [-0.1, -0.05) is 24.3 Å². The van der Waals surface area contributed by atoms with E-state index in [2.05, 4.69) is 5.32 Å². The first-order valence-electron chi connectivity index (χ1n) is 6.47. The van der Waals surface area contributed by atoms with Gasteiger partial charge in [-0.15, -0.1) is 0 Å². The van der Waals surface area contributed by atoms with E-state index in [0.717, 1.165) is 23.9 Å². The Labute approximate surface area is 111 Å². The molecule has 0 aliphatic carbocycles. The Kier molecular flexibility index (Phi) is 3.09. The van der Waals surface area contributed by atoms with Gasteiger partial charge >= 0.3 is 0 Å². The number of carbonyl (C=O) groups is 1. The fraction of sp³-hybridized carbons (Fsp3) is 0.267. The van der Waals surface area contributed by atoms with Gasteiger partial charge in [0.15, 0.2) is 0 Å². The van der Waals surface area contributed by atoms with Crippen molar-refractivity contribution in [3.63, 3.8) is 0 Å². The molecule has 0 atom stereocenters. The zero-order chi connectivity index (χ0) is 13.2. The topological polar surface area (TPSA) is 52.6 Å². The summed E-state index contributed by atoms with van der Waals surface area (Å²) in [6, 6.07) is 11.1. The number of piperazine rings is 1. The molecular weight excluding hydrogens is 240 g/mol. The highest BCUT2D eigenvalue weighted by Gasteiger charge is 2.20. The van der Waals surface area contributed by atoms with Crippen LogP contribution >= 0.6 is 0 Å². The normalized spacial score (nSPS) is 15.7. The van der Waals surface area contributed by atoms with Crippen LogP contribution in [-0.4, -0.2) is 42.1 Å². The fourth-order valence-corrected chi connectivity index (χ4v) is 2.44. The van der Waals surface area contributed by atoms with Crippen LogP contribution in [0.5, 0.6) is 5.75 Å². The predicted octanol–water partition coefficient (Wildman–Crippen LogP) is 1.59. The molecule has 1 aliphatic heterocycles. The van der Waals surface area contributed by atoms with Crippen LogP contribution in [-0.2, 0) is 0 Å². The standard InChI is InChI=1S/C15H16N2O2/c18-14-10-12-4-2-1-3-11(12)9-13(14)15(19)17-7-5-16-6-8-17/h1-4,9-10,16,18H,5-8H2. The van der Waals surface area contributed by atoms with E-state index < -0.39 is 0 Å². The van der Waals surface area contributed by atoms with Crippen molar-refractivity contribution in [1.82, 2.24) is 10.2 Å². The third kappa shape index (κ3) is 2.27. The van der Waals surface area contributed by atoms with E-state index in [9.17, 15) is 9.90 Å². The summed E-state index contributed by atoms with van der Waals surface area (Å²) in [5.74, 6) is -0.0352. The van der Waals surface area contributed by atoms with Gasteiger partial charge in [-0.3, -0.25) is 4.79 Å². The SMILES string of the molecule is O=C(c1cc2ccccc2cc1O)N1CCNCC1. The number of nitrogens with zero attached hydrogens (tertiary/aromatic N) is 1. The predicted molar refractivity (Wildman–Crippen MR) is 74.4 cm³/mol. The summed E-state index contributed by atoms with van der Waals surface area (Å²) in [6.07, 6.45) is 0. The molecule has 1 aliphatic rings. The van der Waals surface area contributed by atoms with Crippen LogP contribution < -0.4 is 5.32 Å². The van der Waals surface area contributed by atoms with E-state index in [0.29, 0.717) is 18.7 Å². The maximum atomic E-state index is 12.4. The quantitative estimate of drug-likeness (QED) is 0.814. The third-order valence-corrected chi connectivity index (χ3v) is 3.50. The fourth-order valence-electron chi connectivity index (χ4n) is 2.44. The van der Waals surface area contributed by atoms with Crippen molar-refractivity contribution in [2.75, 3.05) is 26.2 Å². The molecule has 0 bridgehead atoms. The minimum absolute atomic E-state index is 0.0576. The van der Waals surface area contributed by atoms with Gasteiger partial charge < -0.3 is 15.3 Å². The molecular formula is C15H16N2O2. The summed E-state index contributed by atoms with van der Waals surface area (Å²) in [5.41, 5.74) is 0.389. The molecule has 0 aromatic heterocycles. The number of nitrogens with one attached hydrogen (secondary N) is 1. The second-order valence-corrected chi connectivity index (χ2v) is 4.76. The maximum Gasteiger partial charge on any atom is 0.257 e. The monoisotopic (exact) mass is 256 g/mol. The number of amides is 1. The van der Waals surface area contributed by atoms with Crippen molar-refractivity contribution in [1.29, 1.82) is 0 Å². The van der Waals surface area contributed by atoms with Crippen LogP contribution in [0.2, 0.25) is 0 Å². The summed E-state index contributed by atoms with van der Waals surface area (Å²) < 4.78 is 0. The molecule has 2 aromatic rings. The zero-order valence-corrected chi connectivity index (χ0v) is 10.6. The first kappa shape index (κ1) is 12.0. The summed E-state index contributed by atoms with van der Waals surface area (Å²) in [4.78, 5) is 14.2. The highest BCUT2D eigenvalue weighted by molar-refractivity contribution is 6.01. The molecule has 4 nitrogen and oxygen atoms in total. The van der Waals surface area contributed by atoms with Crippen LogP contribution in [0.1, 0.15) is 10.4 Å². The Morgan fingerprint density at radius 3 is 2.42 bits per heavy atom. The minimum Gasteiger partial charge on any atom is -0.507 e. The summed E-state index contributed by atoms with van der Waals surface area (Å²) in [5, 5.41) is 15.2. The first-order chi connectivity index (χ1) is 9.25. The lowest BCUT2D eigenvalue weighted by Crippen LogP contribution is -2.46. The summed E-state index contributed by atoms with van der Waals surface area (Å²) in [7, 11) is 0. The number of fused-ring (bicyclic) bond motifs is 1. The number of benzene rings is 2. The van der Waals surface area contributed by atoms with Crippen LogP contribution in [0.4, 0.5) is 0 Å². The Morgan fingerprint density at radius 2 is 1.74 bits per heavy atom. The minimum atomic E-state index is -0.0928. The maximum absolute atomic E-state index is 12.4. The number of hydrogen-bond donors (Lipinski definition) is 2. The smallest absolute Gasteiger partial charge is 0.257 e. The molecule has 0 radical (unpaired) electrons. The van der Waals surface area contributed by atoms with Crippen molar-refractivity contribution in [3.8, 4) is 5.75 Å². The van der Waals surface area contributed by atoms with Crippen LogP contribution in [0.25, 0.3) is 10.8 Å². The van der Waals surface area contributed by atoms with Crippen LogP contribution in [0.3, 0.4) is 0 Å². The molecule has 98 valence electrons. The molecule has 4 heteroatoms. The van der Waals surface area contributed by atoms with Gasteiger partial charge in [-0.05, 0) is 22.9 Å². The van der Waals surface area contributed by atoms with Gasteiger partial charge in [0.2, 0.25) is 0 Å². The molecule has 0 saturated carbocycles. The highest BCUT2D eigenvalue weighted by Crippen LogP contribution is 2.26. The van der Waals surface area contributed by atoms with Gasteiger partial charge in [-0.25, -0.2) is 0 Å². The molecule has 1 fully saturated rings. The lowest BCUT2D eigenvalue weighted by molar-refractivity contribution is 0.0733. The van der Waals surface area contributed by atoms with Crippen molar-refractivity contribution in [2.45, 2.75) is 0 Å². The Morgan fingerprint density at radius 1 is 1.11 bits per heavy atom. The average molecular weight is 256 g/mol. The third-order valence-electron chi connectivity index (χ3n) is 3.50. The molecule has 3 rings (SSSR count). The molecule has 2 N–H and O–H groups in total. The van der Waals surface area contributed by atoms with E-state index in [4.69, 9.17) is 0 Å². The second-order valence-electron chi connectivity index (χ2n) is 4.76. The van der Waals surface area contributed by atoms with Crippen molar-refractivity contribution < 1.29 is 9.90 Å². The van der Waals surface area contributed by atoms with E-state index in [1.165, 1.54) is 0 Å². The van der Waals surface area contributed by atoms with Crippen LogP contribution in [0, 0.1) is 0 Å². The Hall–Kier alpha value is -2.07. The Bertz CT molecular complexity index is 619. The number of phenolic OH excluding ortho intramolecular Hbond substituents is 1. The second kappa shape index (κ2) is 4.90. The zero-order valence-electron chi connectivity index (χ0n) is 10.6. The molecule has 1 saturated heterocycles. The molecule has 1 amide bonds. The highest BCUT2D eigenvalue weighted by atomic mass is 16.3. The summed E-state index contributed by atoms with van der Waals surface area (Å²) in [6.45, 7) is 2.98. The van der Waals surface area contributed by atoms with Crippen molar-refractivity contribution >= 4 is 16.7 Å². The van der Waals surface area contributed by atoms with E-state index in [1.54, 1.807) is 17.0 Å². The largest absolute Gasteiger partial charge is 0.507 e. The van der Waals surface area contributed by atoms with Gasteiger partial charge in [0.25, 0.3) is 5.91 Å². The van der Waals surface area contributed by atoms with Crippen molar-refractivity contribution in [3.05, 3.63) is 42.0 Å². The average Bonchev–Trinajstić information content (AvgIpc) is 2.47. The van der Waals surface area contributed by atoms with Crippen molar-refractivity contribution in [2.24, 2.45) is 0 Å². The molecule has 1 heterocycles. The first-order valence-corrected chi connectivity index (χ1v) is 6.47. The molecule has 2 aromatic carbocycles. The molecule has 0 unspecified atom stereocenters. The number of carbonyl (C=O) groups excluding carboxylic acids is 1.